The molecule has 1 saturated heterocycles. The second-order valence-electron chi connectivity index (χ2n) is 6.59. The number of anilines is 1. The van der Waals surface area contributed by atoms with E-state index < -0.39 is 0 Å². The van der Waals surface area contributed by atoms with Gasteiger partial charge in [0.25, 0.3) is 0 Å². The minimum absolute atomic E-state index is 0.0766. The number of amides is 1. The largest absolute Gasteiger partial charge is 0.357 e. The lowest BCUT2D eigenvalue weighted by Crippen LogP contribution is -2.42. The molecule has 1 amide bonds. The fourth-order valence-electron chi connectivity index (χ4n) is 2.54. The highest BCUT2D eigenvalue weighted by Crippen LogP contribution is 2.24. The summed E-state index contributed by atoms with van der Waals surface area (Å²) in [5.74, 6) is 0.966. The molecule has 0 spiro atoms. The van der Waals surface area contributed by atoms with Crippen LogP contribution in [0.2, 0.25) is 0 Å². The molecule has 21 heavy (non-hydrogen) atoms. The van der Waals surface area contributed by atoms with E-state index >= 15 is 0 Å². The van der Waals surface area contributed by atoms with Crippen LogP contribution in [0.25, 0.3) is 0 Å². The van der Waals surface area contributed by atoms with Gasteiger partial charge in [0.2, 0.25) is 5.91 Å². The lowest BCUT2D eigenvalue weighted by molar-refractivity contribution is -0.121. The topological polar surface area (TPSA) is 57.3 Å². The summed E-state index contributed by atoms with van der Waals surface area (Å²) in [7, 11) is 1.69. The summed E-state index contributed by atoms with van der Waals surface area (Å²) >= 11 is 0. The van der Waals surface area contributed by atoms with Crippen molar-refractivity contribution in [2.24, 2.45) is 0 Å². The van der Waals surface area contributed by atoms with Crippen molar-refractivity contribution in [3.05, 3.63) is 23.9 Å². The van der Waals surface area contributed by atoms with Crippen molar-refractivity contribution in [1.29, 1.82) is 0 Å². The van der Waals surface area contributed by atoms with Crippen LogP contribution in [0.15, 0.2) is 18.3 Å². The van der Waals surface area contributed by atoms with Crippen LogP contribution in [0, 0.1) is 0 Å². The molecule has 1 aliphatic heterocycles. The molecular formula is C16H26N4O. The van der Waals surface area contributed by atoms with Crippen molar-refractivity contribution in [2.45, 2.75) is 51.7 Å². The molecule has 0 radical (unpaired) electrons. The third-order valence-electron chi connectivity index (χ3n) is 3.73. The van der Waals surface area contributed by atoms with Gasteiger partial charge >= 0.3 is 0 Å². The second-order valence-corrected chi connectivity index (χ2v) is 6.59. The Morgan fingerprint density at radius 2 is 2.19 bits per heavy atom. The van der Waals surface area contributed by atoms with Gasteiger partial charge in [0.15, 0.2) is 0 Å². The SMILES string of the molecule is CNC(=O)C1CCCN1c1ccc(CNC(C)(C)C)cn1. The zero-order valence-electron chi connectivity index (χ0n) is 13.4. The van der Waals surface area contributed by atoms with E-state index in [1.54, 1.807) is 7.05 Å². The number of carbonyl (C=O) groups is 1. The number of hydrogen-bond acceptors (Lipinski definition) is 4. The Bertz CT molecular complexity index is 478. The molecule has 2 N–H and O–H groups in total. The maximum absolute atomic E-state index is 11.9. The molecule has 1 aromatic heterocycles. The first-order valence-corrected chi connectivity index (χ1v) is 7.59. The van der Waals surface area contributed by atoms with Crippen molar-refractivity contribution in [2.75, 3.05) is 18.5 Å². The van der Waals surface area contributed by atoms with Crippen LogP contribution in [0.1, 0.15) is 39.2 Å². The monoisotopic (exact) mass is 290 g/mol. The Labute approximate surface area is 127 Å². The first-order valence-electron chi connectivity index (χ1n) is 7.59. The quantitative estimate of drug-likeness (QED) is 0.886. The van der Waals surface area contributed by atoms with E-state index in [-0.39, 0.29) is 17.5 Å². The molecule has 0 aliphatic carbocycles. The van der Waals surface area contributed by atoms with E-state index in [2.05, 4.69) is 47.4 Å². The zero-order valence-corrected chi connectivity index (χ0v) is 13.4. The van der Waals surface area contributed by atoms with Crippen LogP contribution in [-0.4, -0.2) is 36.1 Å². The molecule has 0 aromatic carbocycles. The van der Waals surface area contributed by atoms with Crippen molar-refractivity contribution in [3.8, 4) is 0 Å². The molecule has 1 aliphatic rings. The highest BCUT2D eigenvalue weighted by atomic mass is 16.2. The second kappa shape index (κ2) is 6.43. The van der Waals surface area contributed by atoms with Crippen molar-refractivity contribution in [1.82, 2.24) is 15.6 Å². The first kappa shape index (κ1) is 15.8. The third-order valence-corrected chi connectivity index (χ3v) is 3.73. The summed E-state index contributed by atoms with van der Waals surface area (Å²) in [6.45, 7) is 8.13. The number of pyridine rings is 1. The van der Waals surface area contributed by atoms with Crippen LogP contribution in [0.3, 0.4) is 0 Å². The Morgan fingerprint density at radius 3 is 2.76 bits per heavy atom. The average molecular weight is 290 g/mol. The first-order chi connectivity index (χ1) is 9.90. The van der Waals surface area contributed by atoms with Crippen molar-refractivity contribution >= 4 is 11.7 Å². The number of rotatable bonds is 4. The van der Waals surface area contributed by atoms with Gasteiger partial charge in [-0.25, -0.2) is 4.98 Å². The fraction of sp³-hybridized carbons (Fsp3) is 0.625. The summed E-state index contributed by atoms with van der Waals surface area (Å²) in [6, 6.07) is 4.02. The maximum Gasteiger partial charge on any atom is 0.242 e. The van der Waals surface area contributed by atoms with Gasteiger partial charge in [-0.3, -0.25) is 4.79 Å². The minimum atomic E-state index is -0.0824. The van der Waals surface area contributed by atoms with Gasteiger partial charge in [0.1, 0.15) is 11.9 Å². The van der Waals surface area contributed by atoms with Gasteiger partial charge in [-0.2, -0.15) is 0 Å². The molecule has 5 nitrogen and oxygen atoms in total. The minimum Gasteiger partial charge on any atom is -0.357 e. The van der Waals surface area contributed by atoms with Crippen LogP contribution in [-0.2, 0) is 11.3 Å². The van der Waals surface area contributed by atoms with Crippen LogP contribution < -0.4 is 15.5 Å². The van der Waals surface area contributed by atoms with E-state index in [0.717, 1.165) is 37.3 Å². The molecule has 5 heteroatoms. The lowest BCUT2D eigenvalue weighted by Gasteiger charge is -2.25. The van der Waals surface area contributed by atoms with Gasteiger partial charge in [-0.15, -0.1) is 0 Å². The number of carbonyl (C=O) groups excluding carboxylic acids is 1. The summed E-state index contributed by atoms with van der Waals surface area (Å²) in [6.07, 6.45) is 3.83. The Kier molecular flexibility index (Phi) is 4.83. The van der Waals surface area contributed by atoms with E-state index in [4.69, 9.17) is 0 Å². The van der Waals surface area contributed by atoms with Gasteiger partial charge < -0.3 is 15.5 Å². The third kappa shape index (κ3) is 4.17. The number of hydrogen-bond donors (Lipinski definition) is 2. The summed E-state index contributed by atoms with van der Waals surface area (Å²) < 4.78 is 0. The summed E-state index contributed by atoms with van der Waals surface area (Å²) in [5, 5.41) is 6.18. The average Bonchev–Trinajstić information content (AvgIpc) is 2.93. The molecule has 2 heterocycles. The van der Waals surface area contributed by atoms with Gasteiger partial charge in [-0.1, -0.05) is 6.07 Å². The number of aromatic nitrogens is 1. The number of nitrogens with zero attached hydrogens (tertiary/aromatic N) is 2. The Balaban J connectivity index is 2.03. The number of nitrogens with one attached hydrogen (secondary N) is 2. The van der Waals surface area contributed by atoms with Crippen molar-refractivity contribution < 1.29 is 4.79 Å². The molecule has 1 aromatic rings. The fourth-order valence-corrected chi connectivity index (χ4v) is 2.54. The Hall–Kier alpha value is -1.62. The van der Waals surface area contributed by atoms with Gasteiger partial charge in [0.05, 0.1) is 0 Å². The van der Waals surface area contributed by atoms with Crippen LogP contribution in [0.4, 0.5) is 5.82 Å². The predicted molar refractivity (Wildman–Crippen MR) is 85.3 cm³/mol. The van der Waals surface area contributed by atoms with Crippen molar-refractivity contribution in [3.63, 3.8) is 0 Å². The standard InChI is InChI=1S/C16H26N4O/c1-16(2,3)19-11-12-7-8-14(18-10-12)20-9-5-6-13(20)15(21)17-4/h7-8,10,13,19H,5-6,9,11H2,1-4H3,(H,17,21). The molecular weight excluding hydrogens is 264 g/mol. The van der Waals surface area contributed by atoms with E-state index in [1.165, 1.54) is 0 Å². The molecule has 1 fully saturated rings. The Morgan fingerprint density at radius 1 is 1.43 bits per heavy atom. The highest BCUT2D eigenvalue weighted by Gasteiger charge is 2.30. The predicted octanol–water partition coefficient (Wildman–Crippen LogP) is 1.68. The maximum atomic E-state index is 11.9. The van der Waals surface area contributed by atoms with Crippen LogP contribution in [0.5, 0.6) is 0 Å². The van der Waals surface area contributed by atoms with E-state index in [0.29, 0.717) is 0 Å². The molecule has 0 bridgehead atoms. The summed E-state index contributed by atoms with van der Waals surface area (Å²) in [5.41, 5.74) is 1.25. The highest BCUT2D eigenvalue weighted by molar-refractivity contribution is 5.85. The molecule has 116 valence electrons. The molecule has 0 saturated carbocycles. The lowest BCUT2D eigenvalue weighted by atomic mass is 10.1. The van der Waals surface area contributed by atoms with Crippen LogP contribution >= 0.6 is 0 Å². The number of likely N-dealkylation sites (N-methyl/N-ethyl adjacent to an activating group) is 1. The summed E-state index contributed by atoms with van der Waals surface area (Å²) in [4.78, 5) is 18.5. The molecule has 2 rings (SSSR count). The molecule has 1 unspecified atom stereocenters. The van der Waals surface area contributed by atoms with E-state index in [9.17, 15) is 4.79 Å². The van der Waals surface area contributed by atoms with Gasteiger partial charge in [-0.05, 0) is 45.2 Å². The normalized spacial score (nSPS) is 18.9. The van der Waals surface area contributed by atoms with E-state index in [1.807, 2.05) is 12.3 Å². The zero-order chi connectivity index (χ0) is 15.5. The molecule has 1 atom stereocenters. The smallest absolute Gasteiger partial charge is 0.242 e. The van der Waals surface area contributed by atoms with Gasteiger partial charge in [0, 0.05) is 31.9 Å².